The van der Waals surface area contributed by atoms with Crippen molar-refractivity contribution in [2.45, 2.75) is 31.1 Å². The third-order valence-electron chi connectivity index (χ3n) is 2.99. The highest BCUT2D eigenvalue weighted by Gasteiger charge is 2.24. The SMILES string of the molecule is Cc1sc(C(=O)N2CCCCC2)cc1S(=O)(=O)Cl. The second kappa shape index (κ2) is 5.19. The Hall–Kier alpha value is -0.590. The minimum absolute atomic E-state index is 0.0505. The minimum atomic E-state index is -3.77. The van der Waals surface area contributed by atoms with Crippen LogP contribution in [0.4, 0.5) is 0 Å². The Balaban J connectivity index is 2.26. The summed E-state index contributed by atoms with van der Waals surface area (Å²) in [6.45, 7) is 3.16. The summed E-state index contributed by atoms with van der Waals surface area (Å²) in [6, 6.07) is 1.39. The van der Waals surface area contributed by atoms with Crippen molar-refractivity contribution in [1.29, 1.82) is 0 Å². The predicted octanol–water partition coefficient (Wildman–Crippen LogP) is 2.61. The molecule has 1 amide bonds. The molecule has 1 saturated heterocycles. The van der Waals surface area contributed by atoms with Gasteiger partial charge in [-0.15, -0.1) is 11.3 Å². The predicted molar refractivity (Wildman–Crippen MR) is 71.8 cm³/mol. The van der Waals surface area contributed by atoms with Crippen molar-refractivity contribution in [2.75, 3.05) is 13.1 Å². The summed E-state index contributed by atoms with van der Waals surface area (Å²) in [5, 5.41) is 0. The van der Waals surface area contributed by atoms with Crippen molar-refractivity contribution < 1.29 is 13.2 Å². The van der Waals surface area contributed by atoms with E-state index in [1.807, 2.05) is 0 Å². The smallest absolute Gasteiger partial charge is 0.263 e. The molecule has 1 aromatic rings. The average Bonchev–Trinajstić information content (AvgIpc) is 2.71. The molecule has 1 aliphatic heterocycles. The first-order valence-electron chi connectivity index (χ1n) is 5.74. The quantitative estimate of drug-likeness (QED) is 0.789. The molecule has 2 heterocycles. The lowest BCUT2D eigenvalue weighted by Gasteiger charge is -2.26. The Kier molecular flexibility index (Phi) is 3.99. The number of piperidine rings is 1. The highest BCUT2D eigenvalue weighted by Crippen LogP contribution is 2.29. The van der Waals surface area contributed by atoms with Crippen molar-refractivity contribution in [3.63, 3.8) is 0 Å². The molecule has 0 bridgehead atoms. The number of halogens is 1. The van der Waals surface area contributed by atoms with Crippen molar-refractivity contribution in [3.8, 4) is 0 Å². The number of rotatable bonds is 2. The Labute approximate surface area is 115 Å². The van der Waals surface area contributed by atoms with E-state index in [0.717, 1.165) is 32.4 Å². The second-order valence-corrected chi connectivity index (χ2v) is 8.11. The van der Waals surface area contributed by atoms with Crippen LogP contribution in [-0.2, 0) is 9.05 Å². The zero-order valence-corrected chi connectivity index (χ0v) is 12.4. The van der Waals surface area contributed by atoms with Gasteiger partial charge in [0, 0.05) is 28.6 Å². The van der Waals surface area contributed by atoms with Gasteiger partial charge in [-0.3, -0.25) is 4.79 Å². The molecule has 1 fully saturated rings. The van der Waals surface area contributed by atoms with Gasteiger partial charge in [0.15, 0.2) is 0 Å². The van der Waals surface area contributed by atoms with E-state index in [4.69, 9.17) is 10.7 Å². The van der Waals surface area contributed by atoms with Gasteiger partial charge in [-0.25, -0.2) is 8.42 Å². The number of likely N-dealkylation sites (tertiary alicyclic amines) is 1. The van der Waals surface area contributed by atoms with Crippen LogP contribution in [0.1, 0.15) is 33.8 Å². The van der Waals surface area contributed by atoms with E-state index in [1.165, 1.54) is 17.4 Å². The number of thiophene rings is 1. The molecule has 100 valence electrons. The van der Waals surface area contributed by atoms with E-state index in [1.54, 1.807) is 11.8 Å². The van der Waals surface area contributed by atoms with E-state index < -0.39 is 9.05 Å². The first-order valence-corrected chi connectivity index (χ1v) is 8.86. The standard InChI is InChI=1S/C11H14ClNO3S2/c1-8-10(18(12,15)16)7-9(17-8)11(14)13-5-3-2-4-6-13/h7H,2-6H2,1H3. The minimum Gasteiger partial charge on any atom is -0.338 e. The van der Waals surface area contributed by atoms with E-state index in [-0.39, 0.29) is 10.8 Å². The zero-order chi connectivity index (χ0) is 13.3. The fraction of sp³-hybridized carbons (Fsp3) is 0.545. The van der Waals surface area contributed by atoms with Crippen LogP contribution in [0.25, 0.3) is 0 Å². The maximum atomic E-state index is 12.2. The van der Waals surface area contributed by atoms with Crippen molar-refractivity contribution in [2.24, 2.45) is 0 Å². The fourth-order valence-electron chi connectivity index (χ4n) is 2.07. The van der Waals surface area contributed by atoms with Crippen LogP contribution in [0.15, 0.2) is 11.0 Å². The maximum Gasteiger partial charge on any atom is 0.263 e. The van der Waals surface area contributed by atoms with Gasteiger partial charge in [-0.2, -0.15) is 0 Å². The first kappa shape index (κ1) is 13.8. The number of aryl methyl sites for hydroxylation is 1. The van der Waals surface area contributed by atoms with Crippen molar-refractivity contribution in [1.82, 2.24) is 4.90 Å². The second-order valence-electron chi connectivity index (χ2n) is 4.32. The summed E-state index contributed by atoms with van der Waals surface area (Å²) >= 11 is 1.19. The Bertz CT molecular complexity index is 559. The fourth-order valence-corrected chi connectivity index (χ4v) is 4.70. The van der Waals surface area contributed by atoms with Gasteiger partial charge in [0.2, 0.25) is 0 Å². The number of carbonyl (C=O) groups excluding carboxylic acids is 1. The van der Waals surface area contributed by atoms with Crippen LogP contribution < -0.4 is 0 Å². The Morgan fingerprint density at radius 3 is 2.44 bits per heavy atom. The number of carbonyl (C=O) groups is 1. The molecule has 1 aromatic heterocycles. The lowest BCUT2D eigenvalue weighted by atomic mass is 10.1. The van der Waals surface area contributed by atoms with Crippen LogP contribution in [0.2, 0.25) is 0 Å². The molecular weight excluding hydrogens is 294 g/mol. The number of amides is 1. The molecule has 4 nitrogen and oxygen atoms in total. The molecule has 2 rings (SSSR count). The molecule has 7 heteroatoms. The van der Waals surface area contributed by atoms with Gasteiger partial charge in [-0.1, -0.05) is 0 Å². The van der Waals surface area contributed by atoms with Gasteiger partial charge in [0.1, 0.15) is 0 Å². The number of hydrogen-bond donors (Lipinski definition) is 0. The first-order chi connectivity index (χ1) is 8.39. The number of hydrogen-bond acceptors (Lipinski definition) is 4. The highest BCUT2D eigenvalue weighted by molar-refractivity contribution is 8.13. The molecule has 0 N–H and O–H groups in total. The third-order valence-corrected chi connectivity index (χ3v) is 5.60. The highest BCUT2D eigenvalue weighted by atomic mass is 35.7. The molecule has 0 radical (unpaired) electrons. The van der Waals surface area contributed by atoms with E-state index in [2.05, 4.69) is 0 Å². The monoisotopic (exact) mass is 307 g/mol. The summed E-state index contributed by atoms with van der Waals surface area (Å²) in [5.41, 5.74) is 0. The molecule has 0 spiro atoms. The average molecular weight is 308 g/mol. The number of nitrogens with zero attached hydrogens (tertiary/aromatic N) is 1. The lowest BCUT2D eigenvalue weighted by molar-refractivity contribution is 0.0729. The van der Waals surface area contributed by atoms with Gasteiger partial charge >= 0.3 is 0 Å². The van der Waals surface area contributed by atoms with Gasteiger partial charge < -0.3 is 4.90 Å². The van der Waals surface area contributed by atoms with E-state index >= 15 is 0 Å². The molecular formula is C11H14ClNO3S2. The lowest BCUT2D eigenvalue weighted by Crippen LogP contribution is -2.35. The normalized spacial score (nSPS) is 16.9. The van der Waals surface area contributed by atoms with Crippen molar-refractivity contribution >= 4 is 37.0 Å². The third kappa shape index (κ3) is 2.87. The van der Waals surface area contributed by atoms with E-state index in [9.17, 15) is 13.2 Å². The van der Waals surface area contributed by atoms with E-state index in [0.29, 0.717) is 9.75 Å². The summed E-state index contributed by atoms with van der Waals surface area (Å²) in [7, 11) is 1.56. The molecule has 0 unspecified atom stereocenters. The van der Waals surface area contributed by atoms with Gasteiger partial charge in [0.25, 0.3) is 15.0 Å². The van der Waals surface area contributed by atoms with Gasteiger partial charge in [-0.05, 0) is 32.3 Å². The molecule has 0 aromatic carbocycles. The topological polar surface area (TPSA) is 54.5 Å². The van der Waals surface area contributed by atoms with Crippen LogP contribution in [0, 0.1) is 6.92 Å². The molecule has 1 aliphatic rings. The maximum absolute atomic E-state index is 12.2. The van der Waals surface area contributed by atoms with Crippen LogP contribution in [0.5, 0.6) is 0 Å². The molecule has 18 heavy (non-hydrogen) atoms. The molecule has 0 aliphatic carbocycles. The van der Waals surface area contributed by atoms with Crippen molar-refractivity contribution in [3.05, 3.63) is 15.8 Å². The Morgan fingerprint density at radius 1 is 1.33 bits per heavy atom. The van der Waals surface area contributed by atoms with Crippen LogP contribution >= 0.6 is 22.0 Å². The Morgan fingerprint density at radius 2 is 1.94 bits per heavy atom. The molecule has 0 atom stereocenters. The summed E-state index contributed by atoms with van der Waals surface area (Å²) in [5.74, 6) is -0.0885. The summed E-state index contributed by atoms with van der Waals surface area (Å²) < 4.78 is 22.6. The van der Waals surface area contributed by atoms with Crippen LogP contribution in [-0.4, -0.2) is 32.3 Å². The zero-order valence-electron chi connectivity index (χ0n) is 9.98. The summed E-state index contributed by atoms with van der Waals surface area (Å²) in [6.07, 6.45) is 3.17. The van der Waals surface area contributed by atoms with Crippen LogP contribution in [0.3, 0.4) is 0 Å². The molecule has 0 saturated carbocycles. The summed E-state index contributed by atoms with van der Waals surface area (Å²) in [4.78, 5) is 15.0. The largest absolute Gasteiger partial charge is 0.338 e. The van der Waals surface area contributed by atoms with Gasteiger partial charge in [0.05, 0.1) is 9.77 Å².